The Morgan fingerprint density at radius 2 is 1.31 bits per heavy atom. The number of carbonyl (C=O) groups is 1. The number of allylic oxidation sites excluding steroid dienone is 2. The Morgan fingerprint density at radius 3 is 1.92 bits per heavy atom. The summed E-state index contributed by atoms with van der Waals surface area (Å²) in [4.78, 5) is 11.8. The largest absolute Gasteiger partial charge is 0.462 e. The van der Waals surface area contributed by atoms with Gasteiger partial charge in [0.1, 0.15) is 6.10 Å². The van der Waals surface area contributed by atoms with Gasteiger partial charge in [-0.1, -0.05) is 76.9 Å². The summed E-state index contributed by atoms with van der Waals surface area (Å²) in [5.74, 6) is 0.0237. The molecule has 0 saturated heterocycles. The third kappa shape index (κ3) is 14.4. The monoisotopic (exact) mass is 364 g/mol. The minimum Gasteiger partial charge on any atom is -0.462 e. The van der Waals surface area contributed by atoms with E-state index in [0.717, 1.165) is 32.1 Å². The predicted molar refractivity (Wildman–Crippen MR) is 112 cm³/mol. The molecule has 2 heteroatoms. The second-order valence-corrected chi connectivity index (χ2v) is 8.08. The molecule has 0 heterocycles. The fourth-order valence-corrected chi connectivity index (χ4v) is 3.77. The molecule has 0 N–H and O–H groups in total. The molecule has 1 aliphatic carbocycles. The minimum atomic E-state index is 0.0237. The van der Waals surface area contributed by atoms with E-state index in [-0.39, 0.29) is 12.1 Å². The summed E-state index contributed by atoms with van der Waals surface area (Å²) < 4.78 is 5.55. The van der Waals surface area contributed by atoms with Crippen LogP contribution in [0.5, 0.6) is 0 Å². The molecular formula is C24H44O2. The van der Waals surface area contributed by atoms with Gasteiger partial charge in [0.25, 0.3) is 0 Å². The first-order chi connectivity index (χ1) is 12.8. The highest BCUT2D eigenvalue weighted by Gasteiger charge is 2.17. The molecule has 26 heavy (non-hydrogen) atoms. The van der Waals surface area contributed by atoms with Crippen LogP contribution in [0.4, 0.5) is 0 Å². The summed E-state index contributed by atoms with van der Waals surface area (Å²) in [5, 5.41) is 0. The van der Waals surface area contributed by atoms with Gasteiger partial charge in [0.2, 0.25) is 0 Å². The van der Waals surface area contributed by atoms with Crippen molar-refractivity contribution in [1.29, 1.82) is 0 Å². The van der Waals surface area contributed by atoms with E-state index >= 15 is 0 Å². The van der Waals surface area contributed by atoms with E-state index in [1.54, 1.807) is 0 Å². The fourth-order valence-electron chi connectivity index (χ4n) is 3.77. The Labute approximate surface area is 163 Å². The van der Waals surface area contributed by atoms with E-state index in [0.29, 0.717) is 6.42 Å². The number of hydrogen-bond acceptors (Lipinski definition) is 2. The highest BCUT2D eigenvalue weighted by atomic mass is 16.5. The molecule has 0 amide bonds. The SMILES string of the molecule is CCCCCCCCCCCC=CCCCCC(=O)OC1CCCCC1. The highest BCUT2D eigenvalue weighted by molar-refractivity contribution is 5.69. The first kappa shape index (κ1) is 23.2. The zero-order valence-corrected chi connectivity index (χ0v) is 17.5. The molecule has 2 nitrogen and oxygen atoms in total. The van der Waals surface area contributed by atoms with Gasteiger partial charge in [-0.3, -0.25) is 4.79 Å². The van der Waals surface area contributed by atoms with Crippen molar-refractivity contribution >= 4 is 5.97 Å². The fraction of sp³-hybridized carbons (Fsp3) is 0.875. The van der Waals surface area contributed by atoms with Gasteiger partial charge in [-0.2, -0.15) is 0 Å². The standard InChI is InChI=1S/C24H44O2/c1-2-3-4-5-6-7-8-9-10-11-12-13-14-15-19-22-24(25)26-23-20-17-16-18-21-23/h12-13,23H,2-11,14-22H2,1H3. The third-order valence-electron chi connectivity index (χ3n) is 5.49. The van der Waals surface area contributed by atoms with Crippen LogP contribution in [0, 0.1) is 0 Å². The summed E-state index contributed by atoms with van der Waals surface area (Å²) in [5.41, 5.74) is 0. The molecule has 0 aromatic rings. The van der Waals surface area contributed by atoms with Crippen LogP contribution in [0.15, 0.2) is 12.2 Å². The molecular weight excluding hydrogens is 320 g/mol. The van der Waals surface area contributed by atoms with Crippen molar-refractivity contribution in [2.75, 3.05) is 0 Å². The van der Waals surface area contributed by atoms with Crippen LogP contribution in [-0.2, 0) is 9.53 Å². The maximum Gasteiger partial charge on any atom is 0.306 e. The highest BCUT2D eigenvalue weighted by Crippen LogP contribution is 2.21. The molecule has 1 fully saturated rings. The molecule has 0 unspecified atom stereocenters. The van der Waals surface area contributed by atoms with Crippen molar-refractivity contribution in [3.63, 3.8) is 0 Å². The average molecular weight is 365 g/mol. The third-order valence-corrected chi connectivity index (χ3v) is 5.49. The van der Waals surface area contributed by atoms with Crippen LogP contribution >= 0.6 is 0 Å². The first-order valence-corrected chi connectivity index (χ1v) is 11.7. The summed E-state index contributed by atoms with van der Waals surface area (Å²) in [7, 11) is 0. The van der Waals surface area contributed by atoms with E-state index < -0.39 is 0 Å². The summed E-state index contributed by atoms with van der Waals surface area (Å²) in [6, 6.07) is 0. The summed E-state index contributed by atoms with van der Waals surface area (Å²) in [6.45, 7) is 2.28. The van der Waals surface area contributed by atoms with Crippen molar-refractivity contribution in [3.8, 4) is 0 Å². The quantitative estimate of drug-likeness (QED) is 0.158. The van der Waals surface area contributed by atoms with E-state index in [2.05, 4.69) is 19.1 Å². The van der Waals surface area contributed by atoms with Gasteiger partial charge in [-0.15, -0.1) is 0 Å². The average Bonchev–Trinajstić information content (AvgIpc) is 2.65. The van der Waals surface area contributed by atoms with Gasteiger partial charge in [0.15, 0.2) is 0 Å². The van der Waals surface area contributed by atoms with Crippen molar-refractivity contribution in [1.82, 2.24) is 0 Å². The van der Waals surface area contributed by atoms with Crippen LogP contribution < -0.4 is 0 Å². The molecule has 0 radical (unpaired) electrons. The Morgan fingerprint density at radius 1 is 0.769 bits per heavy atom. The van der Waals surface area contributed by atoms with Gasteiger partial charge < -0.3 is 4.74 Å². The lowest BCUT2D eigenvalue weighted by Crippen LogP contribution is -2.20. The van der Waals surface area contributed by atoms with Gasteiger partial charge in [0.05, 0.1) is 0 Å². The second-order valence-electron chi connectivity index (χ2n) is 8.08. The van der Waals surface area contributed by atoms with E-state index in [4.69, 9.17) is 4.74 Å². The molecule has 0 aliphatic heterocycles. The Balaban J connectivity index is 1.79. The van der Waals surface area contributed by atoms with Gasteiger partial charge >= 0.3 is 5.97 Å². The zero-order valence-electron chi connectivity index (χ0n) is 17.5. The molecule has 0 bridgehead atoms. The first-order valence-electron chi connectivity index (χ1n) is 11.7. The number of unbranched alkanes of at least 4 members (excludes halogenated alkanes) is 11. The molecule has 1 aliphatic rings. The van der Waals surface area contributed by atoms with Crippen molar-refractivity contribution in [3.05, 3.63) is 12.2 Å². The van der Waals surface area contributed by atoms with E-state index in [1.165, 1.54) is 83.5 Å². The lowest BCUT2D eigenvalue weighted by Gasteiger charge is -2.21. The molecule has 0 aromatic carbocycles. The number of hydrogen-bond donors (Lipinski definition) is 0. The second kappa shape index (κ2) is 17.6. The molecule has 0 aromatic heterocycles. The van der Waals surface area contributed by atoms with Crippen LogP contribution in [0.3, 0.4) is 0 Å². The molecule has 1 rings (SSSR count). The summed E-state index contributed by atoms with van der Waals surface area (Å²) >= 11 is 0. The minimum absolute atomic E-state index is 0.0237. The topological polar surface area (TPSA) is 26.3 Å². The number of carbonyl (C=O) groups excluding carboxylic acids is 1. The predicted octanol–water partition coefficient (Wildman–Crippen LogP) is 7.90. The lowest BCUT2D eigenvalue weighted by atomic mass is 9.98. The maximum absolute atomic E-state index is 11.8. The van der Waals surface area contributed by atoms with Crippen molar-refractivity contribution in [2.45, 2.75) is 135 Å². The van der Waals surface area contributed by atoms with Crippen LogP contribution in [0.1, 0.15) is 129 Å². The number of rotatable bonds is 16. The van der Waals surface area contributed by atoms with Crippen LogP contribution in [0.2, 0.25) is 0 Å². The molecule has 0 spiro atoms. The van der Waals surface area contributed by atoms with Gasteiger partial charge in [-0.25, -0.2) is 0 Å². The zero-order chi connectivity index (χ0) is 18.7. The smallest absolute Gasteiger partial charge is 0.306 e. The van der Waals surface area contributed by atoms with Gasteiger partial charge in [-0.05, 0) is 57.8 Å². The number of ether oxygens (including phenoxy) is 1. The molecule has 0 atom stereocenters. The van der Waals surface area contributed by atoms with Gasteiger partial charge in [0, 0.05) is 6.42 Å². The summed E-state index contributed by atoms with van der Waals surface area (Å²) in [6.07, 6.45) is 28.3. The Bertz CT molecular complexity index is 342. The van der Waals surface area contributed by atoms with Crippen molar-refractivity contribution in [2.24, 2.45) is 0 Å². The normalized spacial score (nSPS) is 15.6. The Hall–Kier alpha value is -0.790. The molecule has 1 saturated carbocycles. The van der Waals surface area contributed by atoms with Crippen LogP contribution in [0.25, 0.3) is 0 Å². The van der Waals surface area contributed by atoms with Crippen LogP contribution in [-0.4, -0.2) is 12.1 Å². The number of esters is 1. The lowest BCUT2D eigenvalue weighted by molar-refractivity contribution is -0.150. The Kier molecular flexibility index (Phi) is 15.8. The van der Waals surface area contributed by atoms with E-state index in [1.807, 2.05) is 0 Å². The van der Waals surface area contributed by atoms with E-state index in [9.17, 15) is 4.79 Å². The maximum atomic E-state index is 11.8. The van der Waals surface area contributed by atoms with Crippen molar-refractivity contribution < 1.29 is 9.53 Å². The molecule has 152 valence electrons.